The van der Waals surface area contributed by atoms with Crippen molar-refractivity contribution in [3.8, 4) is 0 Å². The van der Waals surface area contributed by atoms with Crippen LogP contribution in [0.3, 0.4) is 0 Å². The minimum Gasteiger partial charge on any atom is -0.481 e. The quantitative estimate of drug-likeness (QED) is 0.792. The van der Waals surface area contributed by atoms with Gasteiger partial charge in [0.15, 0.2) is 0 Å². The molecule has 0 aliphatic carbocycles. The van der Waals surface area contributed by atoms with Crippen LogP contribution < -0.4 is 10.6 Å². The van der Waals surface area contributed by atoms with Crippen LogP contribution in [-0.2, 0) is 9.53 Å². The van der Waals surface area contributed by atoms with E-state index in [1.807, 2.05) is 18.2 Å². The summed E-state index contributed by atoms with van der Waals surface area (Å²) < 4.78 is 5.11. The Morgan fingerprint density at radius 2 is 2.10 bits per heavy atom. The highest BCUT2D eigenvalue weighted by atomic mass is 16.5. The Balaban J connectivity index is 1.95. The van der Waals surface area contributed by atoms with E-state index in [2.05, 4.69) is 24.5 Å². The predicted molar refractivity (Wildman–Crippen MR) is 78.4 cm³/mol. The van der Waals surface area contributed by atoms with Gasteiger partial charge in [0, 0.05) is 5.69 Å². The third-order valence-corrected chi connectivity index (χ3v) is 3.53. The van der Waals surface area contributed by atoms with E-state index >= 15 is 0 Å². The molecule has 2 atom stereocenters. The van der Waals surface area contributed by atoms with Crippen molar-refractivity contribution in [3.63, 3.8) is 0 Å². The smallest absolute Gasteiger partial charge is 0.319 e. The lowest BCUT2D eigenvalue weighted by atomic mass is 10.0. The number of aliphatic carboxylic acids is 1. The zero-order chi connectivity index (χ0) is 15.4. The first-order valence-corrected chi connectivity index (χ1v) is 6.95. The predicted octanol–water partition coefficient (Wildman–Crippen LogP) is 2.03. The van der Waals surface area contributed by atoms with Gasteiger partial charge >= 0.3 is 12.0 Å². The molecule has 0 aromatic heterocycles. The number of hydrogen-bond donors (Lipinski definition) is 3. The maximum absolute atomic E-state index is 11.9. The van der Waals surface area contributed by atoms with Crippen molar-refractivity contribution in [2.75, 3.05) is 18.5 Å². The van der Waals surface area contributed by atoms with E-state index in [9.17, 15) is 9.59 Å². The van der Waals surface area contributed by atoms with Crippen LogP contribution in [0.2, 0.25) is 0 Å². The van der Waals surface area contributed by atoms with E-state index in [1.165, 1.54) is 0 Å². The van der Waals surface area contributed by atoms with Gasteiger partial charge in [-0.15, -0.1) is 0 Å². The van der Waals surface area contributed by atoms with Crippen LogP contribution in [-0.4, -0.2) is 36.4 Å². The number of rotatable bonds is 4. The molecule has 6 heteroatoms. The molecule has 0 saturated carbocycles. The standard InChI is InChI=1S/C15H20N2O4/c1-9(2)10-4-3-5-11(6-10)16-15(20)17-13-8-21-7-12(13)14(18)19/h3-6,9,12-13H,7-8H2,1-2H3,(H,18,19)(H2,16,17,20). The van der Waals surface area contributed by atoms with E-state index in [0.717, 1.165) is 5.56 Å². The van der Waals surface area contributed by atoms with Gasteiger partial charge in [-0.25, -0.2) is 4.79 Å². The maximum Gasteiger partial charge on any atom is 0.319 e. The average molecular weight is 292 g/mol. The molecule has 114 valence electrons. The summed E-state index contributed by atoms with van der Waals surface area (Å²) in [7, 11) is 0. The lowest BCUT2D eigenvalue weighted by molar-refractivity contribution is -0.142. The number of carbonyl (C=O) groups excluding carboxylic acids is 1. The van der Waals surface area contributed by atoms with Crippen LogP contribution in [0.15, 0.2) is 24.3 Å². The number of carboxylic acid groups (broad SMARTS) is 1. The van der Waals surface area contributed by atoms with Crippen molar-refractivity contribution in [3.05, 3.63) is 29.8 Å². The van der Waals surface area contributed by atoms with Gasteiger partial charge in [0.25, 0.3) is 0 Å². The highest BCUT2D eigenvalue weighted by molar-refractivity contribution is 5.90. The van der Waals surface area contributed by atoms with Crippen LogP contribution in [0.5, 0.6) is 0 Å². The van der Waals surface area contributed by atoms with Gasteiger partial charge in [-0.1, -0.05) is 26.0 Å². The molecule has 6 nitrogen and oxygen atoms in total. The van der Waals surface area contributed by atoms with Gasteiger partial charge in [-0.05, 0) is 23.6 Å². The molecule has 1 aliphatic heterocycles. The molecular formula is C15H20N2O4. The molecule has 3 N–H and O–H groups in total. The minimum absolute atomic E-state index is 0.128. The monoisotopic (exact) mass is 292 g/mol. The summed E-state index contributed by atoms with van der Waals surface area (Å²) in [5, 5.41) is 14.4. The molecule has 21 heavy (non-hydrogen) atoms. The van der Waals surface area contributed by atoms with E-state index in [1.54, 1.807) is 6.07 Å². The number of nitrogens with one attached hydrogen (secondary N) is 2. The second-order valence-electron chi connectivity index (χ2n) is 5.47. The van der Waals surface area contributed by atoms with Gasteiger partial charge in [-0.2, -0.15) is 0 Å². The van der Waals surface area contributed by atoms with E-state index < -0.39 is 24.0 Å². The topological polar surface area (TPSA) is 87.7 Å². The number of amides is 2. The number of carboxylic acids is 1. The molecule has 1 saturated heterocycles. The van der Waals surface area contributed by atoms with Gasteiger partial charge in [-0.3, -0.25) is 4.79 Å². The summed E-state index contributed by atoms with van der Waals surface area (Å²) in [6.07, 6.45) is 0. The van der Waals surface area contributed by atoms with Crippen LogP contribution in [0.4, 0.5) is 10.5 Å². The Labute approximate surface area is 123 Å². The Hall–Kier alpha value is -2.08. The van der Waals surface area contributed by atoms with Crippen molar-refractivity contribution in [2.24, 2.45) is 5.92 Å². The number of ether oxygens (including phenoxy) is 1. The normalized spacial score (nSPS) is 21.3. The Morgan fingerprint density at radius 1 is 1.33 bits per heavy atom. The molecule has 0 spiro atoms. The molecule has 1 aliphatic rings. The zero-order valence-corrected chi connectivity index (χ0v) is 12.1. The number of carbonyl (C=O) groups is 2. The lowest BCUT2D eigenvalue weighted by Crippen LogP contribution is -2.44. The third kappa shape index (κ3) is 3.95. The second kappa shape index (κ2) is 6.58. The van der Waals surface area contributed by atoms with E-state index in [-0.39, 0.29) is 13.2 Å². The van der Waals surface area contributed by atoms with Crippen LogP contribution >= 0.6 is 0 Å². The summed E-state index contributed by atoms with van der Waals surface area (Å²) in [5.74, 6) is -1.29. The number of anilines is 1. The molecule has 0 bridgehead atoms. The molecule has 1 aromatic carbocycles. The number of benzene rings is 1. The summed E-state index contributed by atoms with van der Waals surface area (Å²) in [5.41, 5.74) is 1.81. The summed E-state index contributed by atoms with van der Waals surface area (Å²) >= 11 is 0. The fourth-order valence-corrected chi connectivity index (χ4v) is 2.25. The maximum atomic E-state index is 11.9. The largest absolute Gasteiger partial charge is 0.481 e. The van der Waals surface area contributed by atoms with E-state index in [4.69, 9.17) is 9.84 Å². The van der Waals surface area contributed by atoms with E-state index in [0.29, 0.717) is 11.6 Å². The third-order valence-electron chi connectivity index (χ3n) is 3.53. The summed E-state index contributed by atoms with van der Waals surface area (Å²) in [6, 6.07) is 6.66. The van der Waals surface area contributed by atoms with Gasteiger partial charge in [0.05, 0.1) is 19.3 Å². The Kier molecular flexibility index (Phi) is 4.80. The zero-order valence-electron chi connectivity index (χ0n) is 12.1. The molecule has 2 unspecified atom stereocenters. The molecule has 1 heterocycles. The van der Waals surface area contributed by atoms with Crippen LogP contribution in [0.25, 0.3) is 0 Å². The Bertz CT molecular complexity index is 530. The molecular weight excluding hydrogens is 272 g/mol. The lowest BCUT2D eigenvalue weighted by Gasteiger charge is -2.16. The van der Waals surface area contributed by atoms with Gasteiger partial charge < -0.3 is 20.5 Å². The number of urea groups is 1. The van der Waals surface area contributed by atoms with Crippen molar-refractivity contribution >= 4 is 17.7 Å². The van der Waals surface area contributed by atoms with Crippen molar-refractivity contribution in [2.45, 2.75) is 25.8 Å². The van der Waals surface area contributed by atoms with Gasteiger partial charge in [0.2, 0.25) is 0 Å². The minimum atomic E-state index is -0.959. The summed E-state index contributed by atoms with van der Waals surface area (Å²) in [6.45, 7) is 4.50. The van der Waals surface area contributed by atoms with Gasteiger partial charge in [0.1, 0.15) is 5.92 Å². The summed E-state index contributed by atoms with van der Waals surface area (Å²) in [4.78, 5) is 23.0. The first-order valence-electron chi connectivity index (χ1n) is 6.95. The Morgan fingerprint density at radius 3 is 2.76 bits per heavy atom. The van der Waals surface area contributed by atoms with Crippen LogP contribution in [0.1, 0.15) is 25.3 Å². The van der Waals surface area contributed by atoms with Crippen LogP contribution in [0, 0.1) is 5.92 Å². The molecule has 2 amide bonds. The van der Waals surface area contributed by atoms with Crippen molar-refractivity contribution < 1.29 is 19.4 Å². The SMILES string of the molecule is CC(C)c1cccc(NC(=O)NC2COCC2C(=O)O)c1. The first-order chi connectivity index (χ1) is 9.97. The molecule has 1 fully saturated rings. The average Bonchev–Trinajstić information content (AvgIpc) is 2.87. The fourth-order valence-electron chi connectivity index (χ4n) is 2.25. The molecule has 2 rings (SSSR count). The highest BCUT2D eigenvalue weighted by Crippen LogP contribution is 2.19. The molecule has 0 radical (unpaired) electrons. The van der Waals surface area contributed by atoms with Crippen molar-refractivity contribution in [1.29, 1.82) is 0 Å². The number of hydrogen-bond acceptors (Lipinski definition) is 3. The fraction of sp³-hybridized carbons (Fsp3) is 0.467. The second-order valence-corrected chi connectivity index (χ2v) is 5.47. The molecule has 1 aromatic rings. The highest BCUT2D eigenvalue weighted by Gasteiger charge is 2.35. The first kappa shape index (κ1) is 15.3. The van der Waals surface area contributed by atoms with Crippen molar-refractivity contribution in [1.82, 2.24) is 5.32 Å².